The van der Waals surface area contributed by atoms with Crippen LogP contribution in [0, 0.1) is 5.92 Å². The first kappa shape index (κ1) is 22.0. The van der Waals surface area contributed by atoms with Gasteiger partial charge in [-0.05, 0) is 56.0 Å². The summed E-state index contributed by atoms with van der Waals surface area (Å²) in [5.41, 5.74) is 1.11. The van der Waals surface area contributed by atoms with E-state index in [2.05, 4.69) is 5.32 Å². The lowest BCUT2D eigenvalue weighted by atomic mass is 10.0. The third kappa shape index (κ3) is 4.73. The van der Waals surface area contributed by atoms with Gasteiger partial charge in [0.2, 0.25) is 10.0 Å². The number of aryl methyl sites for hydroxylation is 1. The Kier molecular flexibility index (Phi) is 6.62. The summed E-state index contributed by atoms with van der Waals surface area (Å²) in [6.45, 7) is 5.04. The number of nitrogens with zero attached hydrogens (tertiary/aromatic N) is 2. The van der Waals surface area contributed by atoms with Crippen LogP contribution in [0.3, 0.4) is 0 Å². The lowest BCUT2D eigenvalue weighted by Gasteiger charge is -2.29. The van der Waals surface area contributed by atoms with Crippen molar-refractivity contribution < 1.29 is 22.7 Å². The van der Waals surface area contributed by atoms with E-state index in [4.69, 9.17) is 4.74 Å². The zero-order valence-electron chi connectivity index (χ0n) is 17.4. The fourth-order valence-corrected chi connectivity index (χ4v) is 5.18. The molecule has 0 aliphatic carbocycles. The number of nitrogens with one attached hydrogen (secondary N) is 1. The quantitative estimate of drug-likeness (QED) is 0.707. The molecule has 1 amide bonds. The number of hydrogen-bond donors (Lipinski definition) is 1. The zero-order valence-corrected chi connectivity index (χ0v) is 18.2. The summed E-state index contributed by atoms with van der Waals surface area (Å²) in [5.74, 6) is -0.549. The minimum absolute atomic E-state index is 0.113. The zero-order chi connectivity index (χ0) is 21.9. The van der Waals surface area contributed by atoms with Gasteiger partial charge in [0, 0.05) is 32.0 Å². The Bertz CT molecular complexity index is 1030. The highest BCUT2D eigenvalue weighted by atomic mass is 32.2. The Morgan fingerprint density at radius 2 is 1.93 bits per heavy atom. The minimum atomic E-state index is -3.64. The molecule has 3 rings (SSSR count). The molecule has 1 saturated heterocycles. The number of carbonyl (C=O) groups excluding carboxylic acids is 2. The van der Waals surface area contributed by atoms with Crippen LogP contribution >= 0.6 is 0 Å². The number of benzene rings is 1. The number of rotatable bonds is 6. The lowest BCUT2D eigenvalue weighted by Crippen LogP contribution is -2.38. The van der Waals surface area contributed by atoms with Gasteiger partial charge in [-0.1, -0.05) is 6.92 Å². The van der Waals surface area contributed by atoms with Crippen LogP contribution in [0.5, 0.6) is 0 Å². The van der Waals surface area contributed by atoms with E-state index in [1.165, 1.54) is 21.1 Å². The van der Waals surface area contributed by atoms with Crippen LogP contribution in [0.2, 0.25) is 0 Å². The second kappa shape index (κ2) is 9.01. The van der Waals surface area contributed by atoms with E-state index < -0.39 is 21.9 Å². The average Bonchev–Trinajstić information content (AvgIpc) is 3.11. The Labute approximate surface area is 176 Å². The maximum Gasteiger partial charge on any atom is 0.338 e. The number of anilines is 1. The summed E-state index contributed by atoms with van der Waals surface area (Å²) in [5, 5.41) is 2.73. The lowest BCUT2D eigenvalue weighted by molar-refractivity contribution is 0.0526. The van der Waals surface area contributed by atoms with Crippen LogP contribution in [0.1, 0.15) is 47.5 Å². The molecule has 1 atom stereocenters. The molecule has 2 heterocycles. The largest absolute Gasteiger partial charge is 0.462 e. The molecule has 1 aliphatic rings. The van der Waals surface area contributed by atoms with Crippen LogP contribution in [-0.4, -0.2) is 48.9 Å². The molecule has 0 radical (unpaired) electrons. The molecule has 1 aliphatic heterocycles. The summed E-state index contributed by atoms with van der Waals surface area (Å²) in [4.78, 5) is 24.5. The van der Waals surface area contributed by atoms with Gasteiger partial charge in [0.05, 0.1) is 12.2 Å². The second-order valence-corrected chi connectivity index (χ2v) is 9.47. The van der Waals surface area contributed by atoms with E-state index in [0.29, 0.717) is 30.3 Å². The van der Waals surface area contributed by atoms with Crippen molar-refractivity contribution in [2.45, 2.75) is 31.6 Å². The number of sulfonamides is 1. The molecular weight excluding hydrogens is 406 g/mol. The summed E-state index contributed by atoms with van der Waals surface area (Å²) >= 11 is 0. The van der Waals surface area contributed by atoms with Crippen LogP contribution < -0.4 is 5.32 Å². The molecule has 0 spiro atoms. The van der Waals surface area contributed by atoms with Crippen LogP contribution in [-0.2, 0) is 21.8 Å². The van der Waals surface area contributed by atoms with Crippen molar-refractivity contribution in [2.75, 3.05) is 25.0 Å². The van der Waals surface area contributed by atoms with Crippen molar-refractivity contribution in [1.29, 1.82) is 0 Å². The standard InChI is InChI=1S/C21H27N3O5S/c1-4-29-21(26)16-7-9-17(10-8-16)22-20(25)19-12-18(14-23(19)3)30(27,28)24-11-5-6-15(2)13-24/h7-10,12,14-15H,4-6,11,13H2,1-3H3,(H,22,25). The Morgan fingerprint density at radius 3 is 2.57 bits per heavy atom. The van der Waals surface area contributed by atoms with Crippen LogP contribution in [0.4, 0.5) is 5.69 Å². The molecular formula is C21H27N3O5S. The van der Waals surface area contributed by atoms with Crippen molar-refractivity contribution in [3.8, 4) is 0 Å². The number of piperidine rings is 1. The maximum atomic E-state index is 13.0. The number of amides is 1. The molecule has 30 heavy (non-hydrogen) atoms. The smallest absolute Gasteiger partial charge is 0.338 e. The molecule has 1 fully saturated rings. The van der Waals surface area contributed by atoms with Crippen molar-refractivity contribution in [2.24, 2.45) is 13.0 Å². The van der Waals surface area contributed by atoms with Gasteiger partial charge in [0.1, 0.15) is 10.6 Å². The van der Waals surface area contributed by atoms with E-state index in [9.17, 15) is 18.0 Å². The molecule has 9 heteroatoms. The average molecular weight is 434 g/mol. The van der Waals surface area contributed by atoms with Gasteiger partial charge in [-0.25, -0.2) is 13.2 Å². The van der Waals surface area contributed by atoms with E-state index in [1.807, 2.05) is 6.92 Å². The highest BCUT2D eigenvalue weighted by Crippen LogP contribution is 2.25. The van der Waals surface area contributed by atoms with Gasteiger partial charge in [-0.2, -0.15) is 4.31 Å². The number of esters is 1. The molecule has 1 unspecified atom stereocenters. The summed E-state index contributed by atoms with van der Waals surface area (Å²) in [6.07, 6.45) is 3.32. The molecule has 8 nitrogen and oxygen atoms in total. The van der Waals surface area contributed by atoms with Crippen molar-refractivity contribution >= 4 is 27.6 Å². The monoisotopic (exact) mass is 433 g/mol. The van der Waals surface area contributed by atoms with Crippen molar-refractivity contribution in [1.82, 2.24) is 8.87 Å². The maximum absolute atomic E-state index is 13.0. The van der Waals surface area contributed by atoms with Crippen LogP contribution in [0.15, 0.2) is 41.4 Å². The molecule has 0 bridgehead atoms. The number of carbonyl (C=O) groups is 2. The van der Waals surface area contributed by atoms with E-state index in [1.54, 1.807) is 38.2 Å². The molecule has 1 aromatic heterocycles. The van der Waals surface area contributed by atoms with Gasteiger partial charge in [0.15, 0.2) is 0 Å². The van der Waals surface area contributed by atoms with E-state index in [-0.39, 0.29) is 17.2 Å². The molecule has 162 valence electrons. The van der Waals surface area contributed by atoms with Gasteiger partial charge in [0.25, 0.3) is 5.91 Å². The minimum Gasteiger partial charge on any atom is -0.462 e. The fraction of sp³-hybridized carbons (Fsp3) is 0.429. The Morgan fingerprint density at radius 1 is 1.23 bits per heavy atom. The van der Waals surface area contributed by atoms with Gasteiger partial charge >= 0.3 is 5.97 Å². The van der Waals surface area contributed by atoms with Crippen molar-refractivity contribution in [3.63, 3.8) is 0 Å². The summed E-state index contributed by atoms with van der Waals surface area (Å²) < 4.78 is 33.9. The first-order valence-corrected chi connectivity index (χ1v) is 11.4. The first-order chi connectivity index (χ1) is 14.2. The molecule has 1 N–H and O–H groups in total. The summed E-state index contributed by atoms with van der Waals surface area (Å²) in [7, 11) is -2.01. The topological polar surface area (TPSA) is 97.7 Å². The van der Waals surface area contributed by atoms with E-state index >= 15 is 0 Å². The number of hydrogen-bond acceptors (Lipinski definition) is 5. The van der Waals surface area contributed by atoms with Gasteiger partial charge in [-0.3, -0.25) is 4.79 Å². The normalized spacial score (nSPS) is 17.5. The highest BCUT2D eigenvalue weighted by molar-refractivity contribution is 7.89. The molecule has 0 saturated carbocycles. The van der Waals surface area contributed by atoms with Gasteiger partial charge < -0.3 is 14.6 Å². The predicted octanol–water partition coefficient (Wildman–Crippen LogP) is 2.87. The first-order valence-electron chi connectivity index (χ1n) is 9.97. The number of aromatic nitrogens is 1. The second-order valence-electron chi connectivity index (χ2n) is 7.53. The van der Waals surface area contributed by atoms with Gasteiger partial charge in [-0.15, -0.1) is 0 Å². The van der Waals surface area contributed by atoms with Crippen molar-refractivity contribution in [3.05, 3.63) is 47.8 Å². The third-order valence-electron chi connectivity index (χ3n) is 5.12. The molecule has 1 aromatic carbocycles. The SMILES string of the molecule is CCOC(=O)c1ccc(NC(=O)c2cc(S(=O)(=O)N3CCCC(C)C3)cn2C)cc1. The fourth-order valence-electron chi connectivity index (χ4n) is 3.51. The summed E-state index contributed by atoms with van der Waals surface area (Å²) in [6, 6.07) is 7.72. The molecule has 2 aromatic rings. The third-order valence-corrected chi connectivity index (χ3v) is 6.95. The Balaban J connectivity index is 1.74. The number of ether oxygens (including phenoxy) is 1. The highest BCUT2D eigenvalue weighted by Gasteiger charge is 2.30. The van der Waals surface area contributed by atoms with E-state index in [0.717, 1.165) is 12.8 Å². The Hall–Kier alpha value is -2.65. The predicted molar refractivity (Wildman–Crippen MR) is 113 cm³/mol. The van der Waals surface area contributed by atoms with Crippen LogP contribution in [0.25, 0.3) is 0 Å².